The molecule has 9 nitrogen and oxygen atoms in total. The number of ether oxygens (including phenoxy) is 1. The molecule has 186 valence electrons. The van der Waals surface area contributed by atoms with Crippen molar-refractivity contribution in [2.24, 2.45) is 4.99 Å². The number of halogens is 3. The molecule has 0 spiro atoms. The fourth-order valence-electron chi connectivity index (χ4n) is 4.62. The van der Waals surface area contributed by atoms with Crippen LogP contribution in [-0.4, -0.2) is 71.0 Å². The van der Waals surface area contributed by atoms with E-state index in [0.717, 1.165) is 0 Å². The van der Waals surface area contributed by atoms with Crippen LogP contribution in [0, 0.1) is 12.9 Å². The standard InChI is InChI=1S/C22H23F3N6O3S/c1-3-33-21(32)16-13(8-31-10-22(24,25)18-14(31)9-34-30-18)28-19(20-26-6-7-35-20)29-17(16)12-4-5-15(23)27-11(12)2/h4-7,14,17-18,30H,3,8-10H2,1-2H3,(H,28,29)/t14-,17-,18+/m1/s1. The van der Waals surface area contributed by atoms with Crippen LogP contribution in [0.1, 0.15) is 29.2 Å². The van der Waals surface area contributed by atoms with Crippen molar-refractivity contribution in [3.8, 4) is 0 Å². The molecule has 3 atom stereocenters. The lowest BCUT2D eigenvalue weighted by Crippen LogP contribution is -2.43. The average Bonchev–Trinajstić information content (AvgIpc) is 3.54. The number of nitrogens with one attached hydrogen (secondary N) is 2. The van der Waals surface area contributed by atoms with Gasteiger partial charge in [0.15, 0.2) is 10.8 Å². The van der Waals surface area contributed by atoms with Gasteiger partial charge in [-0.2, -0.15) is 9.87 Å². The van der Waals surface area contributed by atoms with E-state index in [1.54, 1.807) is 30.3 Å². The topological polar surface area (TPSA) is 101 Å². The van der Waals surface area contributed by atoms with Crippen molar-refractivity contribution in [3.05, 3.63) is 57.2 Å². The Bertz CT molecular complexity index is 1190. The van der Waals surface area contributed by atoms with E-state index in [1.807, 2.05) is 0 Å². The second kappa shape index (κ2) is 9.30. The molecule has 3 aliphatic rings. The second-order valence-electron chi connectivity index (χ2n) is 8.40. The molecule has 0 saturated carbocycles. The summed E-state index contributed by atoms with van der Waals surface area (Å²) in [5.74, 6) is -3.94. The van der Waals surface area contributed by atoms with E-state index in [-0.39, 0.29) is 25.3 Å². The van der Waals surface area contributed by atoms with Crippen LogP contribution >= 0.6 is 11.3 Å². The number of esters is 1. The number of thiazole rings is 1. The zero-order valence-corrected chi connectivity index (χ0v) is 19.7. The van der Waals surface area contributed by atoms with E-state index in [9.17, 15) is 18.0 Å². The Labute approximate surface area is 203 Å². The third-order valence-electron chi connectivity index (χ3n) is 6.19. The summed E-state index contributed by atoms with van der Waals surface area (Å²) in [7, 11) is 0. The van der Waals surface area contributed by atoms with E-state index in [0.29, 0.717) is 27.8 Å². The van der Waals surface area contributed by atoms with Crippen LogP contribution in [0.5, 0.6) is 0 Å². The van der Waals surface area contributed by atoms with Crippen molar-refractivity contribution >= 4 is 23.1 Å². The first kappa shape index (κ1) is 23.9. The van der Waals surface area contributed by atoms with Crippen LogP contribution in [0.2, 0.25) is 0 Å². The fourth-order valence-corrected chi connectivity index (χ4v) is 5.21. The number of nitrogens with zero attached hydrogens (tertiary/aromatic N) is 4. The first-order valence-corrected chi connectivity index (χ1v) is 11.9. The lowest BCUT2D eigenvalue weighted by atomic mass is 9.94. The molecule has 3 aliphatic heterocycles. The summed E-state index contributed by atoms with van der Waals surface area (Å²) >= 11 is 1.33. The summed E-state index contributed by atoms with van der Waals surface area (Å²) in [5, 5.41) is 5.47. The van der Waals surface area contributed by atoms with Crippen LogP contribution in [0.25, 0.3) is 0 Å². The SMILES string of the molecule is CCOC(=O)C1=C(CN2CC(F)(F)[C@H]3NOC[C@H]32)NC(c2nccs2)=N[C@@H]1c1ccc(F)nc1C. The number of fused-ring (bicyclic) bond motifs is 1. The van der Waals surface area contributed by atoms with E-state index < -0.39 is 42.5 Å². The molecule has 2 aromatic heterocycles. The largest absolute Gasteiger partial charge is 0.463 e. The first-order valence-electron chi connectivity index (χ1n) is 11.1. The summed E-state index contributed by atoms with van der Waals surface area (Å²) in [6.07, 6.45) is 1.61. The minimum absolute atomic E-state index is 0.00941. The summed E-state index contributed by atoms with van der Waals surface area (Å²) < 4.78 is 48.3. The first-order chi connectivity index (χ1) is 16.8. The normalized spacial score (nSPS) is 25.9. The van der Waals surface area contributed by atoms with Gasteiger partial charge in [-0.15, -0.1) is 11.3 Å². The molecule has 13 heteroatoms. The Hall–Kier alpha value is -2.87. The minimum Gasteiger partial charge on any atom is -0.463 e. The van der Waals surface area contributed by atoms with Crippen molar-refractivity contribution in [3.63, 3.8) is 0 Å². The van der Waals surface area contributed by atoms with Gasteiger partial charge >= 0.3 is 5.97 Å². The molecule has 35 heavy (non-hydrogen) atoms. The summed E-state index contributed by atoms with van der Waals surface area (Å²) in [6, 6.07) is 0.0804. The molecule has 2 saturated heterocycles. The van der Waals surface area contributed by atoms with Gasteiger partial charge in [0, 0.05) is 35.1 Å². The molecule has 0 radical (unpaired) electrons. The van der Waals surface area contributed by atoms with Gasteiger partial charge in [0.05, 0.1) is 31.4 Å². The maximum atomic E-state index is 14.6. The predicted octanol–water partition coefficient (Wildman–Crippen LogP) is 2.12. The number of aliphatic imine (C=N–C) groups is 1. The fraction of sp³-hybridized carbons (Fsp3) is 0.455. The Balaban J connectivity index is 1.60. The van der Waals surface area contributed by atoms with Crippen LogP contribution in [0.3, 0.4) is 0 Å². The van der Waals surface area contributed by atoms with Gasteiger partial charge in [-0.05, 0) is 19.9 Å². The molecule has 2 aromatic rings. The monoisotopic (exact) mass is 508 g/mol. The molecule has 0 aliphatic carbocycles. The van der Waals surface area contributed by atoms with E-state index in [1.165, 1.54) is 23.5 Å². The number of alkyl halides is 2. The molecular formula is C22H23F3N6O3S. The van der Waals surface area contributed by atoms with Gasteiger partial charge in [-0.1, -0.05) is 6.07 Å². The lowest BCUT2D eigenvalue weighted by molar-refractivity contribution is -0.139. The number of amidine groups is 1. The number of carbonyl (C=O) groups is 1. The number of hydroxylamine groups is 1. The van der Waals surface area contributed by atoms with Crippen molar-refractivity contribution in [1.82, 2.24) is 25.7 Å². The molecular weight excluding hydrogens is 485 g/mol. The number of aryl methyl sites for hydroxylation is 1. The molecule has 0 aromatic carbocycles. The predicted molar refractivity (Wildman–Crippen MR) is 120 cm³/mol. The summed E-state index contributed by atoms with van der Waals surface area (Å²) in [5.41, 5.74) is 3.78. The second-order valence-corrected chi connectivity index (χ2v) is 9.30. The van der Waals surface area contributed by atoms with Crippen molar-refractivity contribution < 1.29 is 27.5 Å². The van der Waals surface area contributed by atoms with Crippen LogP contribution in [0.4, 0.5) is 13.2 Å². The van der Waals surface area contributed by atoms with Gasteiger partial charge in [0.25, 0.3) is 5.92 Å². The maximum Gasteiger partial charge on any atom is 0.338 e. The highest BCUT2D eigenvalue weighted by Gasteiger charge is 2.57. The Kier molecular flexibility index (Phi) is 6.34. The molecule has 0 bridgehead atoms. The van der Waals surface area contributed by atoms with Crippen molar-refractivity contribution in [2.45, 2.75) is 37.9 Å². The molecule has 2 N–H and O–H groups in total. The van der Waals surface area contributed by atoms with Gasteiger partial charge in [0.2, 0.25) is 5.95 Å². The molecule has 0 unspecified atom stereocenters. The van der Waals surface area contributed by atoms with E-state index >= 15 is 0 Å². The van der Waals surface area contributed by atoms with Gasteiger partial charge < -0.3 is 10.1 Å². The van der Waals surface area contributed by atoms with E-state index in [2.05, 4.69) is 20.8 Å². The van der Waals surface area contributed by atoms with Crippen LogP contribution < -0.4 is 10.8 Å². The number of carbonyl (C=O) groups excluding carboxylic acids is 1. The smallest absolute Gasteiger partial charge is 0.338 e. The lowest BCUT2D eigenvalue weighted by Gasteiger charge is -2.30. The molecule has 5 heterocycles. The third kappa shape index (κ3) is 4.44. The zero-order chi connectivity index (χ0) is 24.7. The quantitative estimate of drug-likeness (QED) is 0.452. The Morgan fingerprint density at radius 3 is 2.94 bits per heavy atom. The Morgan fingerprint density at radius 2 is 2.23 bits per heavy atom. The van der Waals surface area contributed by atoms with Crippen molar-refractivity contribution in [2.75, 3.05) is 26.3 Å². The van der Waals surface area contributed by atoms with Gasteiger partial charge in [-0.3, -0.25) is 14.7 Å². The number of aromatic nitrogens is 2. The number of likely N-dealkylation sites (tertiary alicyclic amines) is 1. The van der Waals surface area contributed by atoms with Crippen molar-refractivity contribution in [1.29, 1.82) is 0 Å². The van der Waals surface area contributed by atoms with Crippen LogP contribution in [0.15, 0.2) is 40.0 Å². The highest BCUT2D eigenvalue weighted by molar-refractivity contribution is 7.11. The third-order valence-corrected chi connectivity index (χ3v) is 6.97. The number of pyridine rings is 1. The molecule has 5 rings (SSSR count). The van der Waals surface area contributed by atoms with Gasteiger partial charge in [-0.25, -0.2) is 23.5 Å². The van der Waals surface area contributed by atoms with E-state index in [4.69, 9.17) is 14.6 Å². The zero-order valence-electron chi connectivity index (χ0n) is 18.9. The highest BCUT2D eigenvalue weighted by atomic mass is 32.1. The average molecular weight is 509 g/mol. The summed E-state index contributed by atoms with van der Waals surface area (Å²) in [6.45, 7) is 2.96. The number of hydrogen-bond donors (Lipinski definition) is 2. The number of rotatable bonds is 6. The molecule has 0 amide bonds. The maximum absolute atomic E-state index is 14.6. The van der Waals surface area contributed by atoms with Gasteiger partial charge in [0.1, 0.15) is 12.1 Å². The highest BCUT2D eigenvalue weighted by Crippen LogP contribution is 2.38. The Morgan fingerprint density at radius 1 is 1.40 bits per heavy atom. The minimum atomic E-state index is -3.01. The molecule has 2 fully saturated rings. The van der Waals surface area contributed by atoms with Crippen LogP contribution in [-0.2, 0) is 14.4 Å². The summed E-state index contributed by atoms with van der Waals surface area (Å²) in [4.78, 5) is 32.8. The number of hydrogen-bond acceptors (Lipinski definition) is 10.